The molecular weight excluding hydrogens is 304 g/mol. The molecule has 8 heteroatoms. The van der Waals surface area contributed by atoms with E-state index in [4.69, 9.17) is 0 Å². The van der Waals surface area contributed by atoms with Crippen molar-refractivity contribution in [1.82, 2.24) is 20.5 Å². The maximum Gasteiger partial charge on any atom is 0.322 e. The number of thiazole rings is 1. The summed E-state index contributed by atoms with van der Waals surface area (Å²) < 4.78 is 0. The molecule has 3 heterocycles. The Labute approximate surface area is 132 Å². The maximum absolute atomic E-state index is 12.5. The summed E-state index contributed by atoms with van der Waals surface area (Å²) in [4.78, 5) is 41.7. The summed E-state index contributed by atoms with van der Waals surface area (Å²) in [6, 6.07) is -0.493. The lowest BCUT2D eigenvalue weighted by Crippen LogP contribution is -2.49. The molecule has 2 N–H and O–H groups in total. The van der Waals surface area contributed by atoms with E-state index in [1.165, 1.54) is 11.3 Å². The van der Waals surface area contributed by atoms with Crippen LogP contribution < -0.4 is 10.6 Å². The number of amides is 4. The molecule has 22 heavy (non-hydrogen) atoms. The van der Waals surface area contributed by atoms with Crippen LogP contribution in [0.4, 0.5) is 4.79 Å². The van der Waals surface area contributed by atoms with Gasteiger partial charge < -0.3 is 10.2 Å². The highest BCUT2D eigenvalue weighted by molar-refractivity contribution is 7.09. The predicted molar refractivity (Wildman–Crippen MR) is 80.6 cm³/mol. The van der Waals surface area contributed by atoms with Crippen LogP contribution >= 0.6 is 11.3 Å². The first-order chi connectivity index (χ1) is 10.4. The van der Waals surface area contributed by atoms with E-state index in [2.05, 4.69) is 29.5 Å². The van der Waals surface area contributed by atoms with Gasteiger partial charge in [0.1, 0.15) is 11.2 Å². The number of hydrogen-bond donors (Lipinski definition) is 2. The number of hydrogen-bond acceptors (Lipinski definition) is 5. The van der Waals surface area contributed by atoms with Crippen LogP contribution in [-0.2, 0) is 11.2 Å². The highest BCUT2D eigenvalue weighted by Crippen LogP contribution is 2.26. The number of rotatable bonds is 3. The second kappa shape index (κ2) is 5.35. The first-order valence-corrected chi connectivity index (χ1v) is 8.15. The van der Waals surface area contributed by atoms with Crippen molar-refractivity contribution in [2.24, 2.45) is 5.92 Å². The zero-order valence-electron chi connectivity index (χ0n) is 12.5. The SMILES string of the molecule is CC(C)Cc1nc(C(=O)N2CCC3(C2)NC(=O)NC3=O)cs1. The van der Waals surface area contributed by atoms with Crippen molar-refractivity contribution in [2.45, 2.75) is 32.2 Å². The van der Waals surface area contributed by atoms with Crippen LogP contribution in [0.1, 0.15) is 35.8 Å². The van der Waals surface area contributed by atoms with E-state index in [9.17, 15) is 14.4 Å². The number of imide groups is 1. The number of nitrogens with one attached hydrogen (secondary N) is 2. The van der Waals surface area contributed by atoms with E-state index in [1.807, 2.05) is 0 Å². The van der Waals surface area contributed by atoms with E-state index < -0.39 is 11.6 Å². The Hall–Kier alpha value is -1.96. The summed E-state index contributed by atoms with van der Waals surface area (Å²) >= 11 is 1.48. The van der Waals surface area contributed by atoms with Crippen LogP contribution in [0.25, 0.3) is 0 Å². The Balaban J connectivity index is 1.70. The molecule has 3 rings (SSSR count). The minimum Gasteiger partial charge on any atom is -0.334 e. The van der Waals surface area contributed by atoms with Crippen LogP contribution in [0.3, 0.4) is 0 Å². The standard InChI is InChI=1S/C14H18N4O3S/c1-8(2)5-10-15-9(6-22-10)11(19)18-4-3-14(7-18)12(20)16-13(21)17-14/h6,8H,3-5,7H2,1-2H3,(H2,16,17,20,21). The number of urea groups is 1. The minimum absolute atomic E-state index is 0.183. The van der Waals surface area contributed by atoms with Crippen molar-refractivity contribution in [3.8, 4) is 0 Å². The third-order valence-electron chi connectivity index (χ3n) is 3.92. The van der Waals surface area contributed by atoms with Crippen molar-refractivity contribution in [3.05, 3.63) is 16.1 Å². The molecule has 1 atom stereocenters. The molecule has 1 unspecified atom stereocenters. The van der Waals surface area contributed by atoms with E-state index in [1.54, 1.807) is 10.3 Å². The topological polar surface area (TPSA) is 91.4 Å². The quantitative estimate of drug-likeness (QED) is 0.804. The Morgan fingerprint density at radius 1 is 1.50 bits per heavy atom. The number of carbonyl (C=O) groups excluding carboxylic acids is 3. The number of nitrogens with zero attached hydrogens (tertiary/aromatic N) is 2. The van der Waals surface area contributed by atoms with Gasteiger partial charge in [-0.3, -0.25) is 14.9 Å². The van der Waals surface area contributed by atoms with E-state index >= 15 is 0 Å². The third-order valence-corrected chi connectivity index (χ3v) is 4.80. The van der Waals surface area contributed by atoms with Crippen LogP contribution in [0.2, 0.25) is 0 Å². The second-order valence-electron chi connectivity index (χ2n) is 6.19. The van der Waals surface area contributed by atoms with E-state index in [0.717, 1.165) is 11.4 Å². The highest BCUT2D eigenvalue weighted by atomic mass is 32.1. The zero-order valence-corrected chi connectivity index (χ0v) is 13.3. The number of carbonyl (C=O) groups is 3. The van der Waals surface area contributed by atoms with Crippen molar-refractivity contribution in [2.75, 3.05) is 13.1 Å². The maximum atomic E-state index is 12.5. The molecule has 0 aliphatic carbocycles. The van der Waals surface area contributed by atoms with Gasteiger partial charge in [-0.15, -0.1) is 11.3 Å². The Morgan fingerprint density at radius 2 is 2.27 bits per heavy atom. The van der Waals surface area contributed by atoms with Crippen molar-refractivity contribution in [3.63, 3.8) is 0 Å². The average Bonchev–Trinajstić information content (AvgIpc) is 3.10. The molecule has 1 spiro atoms. The van der Waals surface area contributed by atoms with Gasteiger partial charge in [-0.25, -0.2) is 9.78 Å². The Kier molecular flexibility index (Phi) is 3.64. The zero-order chi connectivity index (χ0) is 15.9. The summed E-state index contributed by atoms with van der Waals surface area (Å²) in [6.45, 7) is 4.84. The fourth-order valence-corrected chi connectivity index (χ4v) is 3.79. The van der Waals surface area contributed by atoms with Gasteiger partial charge in [0.25, 0.3) is 11.8 Å². The van der Waals surface area contributed by atoms with Gasteiger partial charge in [0.15, 0.2) is 0 Å². The molecule has 2 aliphatic heterocycles. The lowest BCUT2D eigenvalue weighted by molar-refractivity contribution is -0.123. The van der Waals surface area contributed by atoms with Gasteiger partial charge in [0.2, 0.25) is 0 Å². The normalized spacial score (nSPS) is 24.2. The van der Waals surface area contributed by atoms with Gasteiger partial charge in [0, 0.05) is 18.3 Å². The second-order valence-corrected chi connectivity index (χ2v) is 7.13. The largest absolute Gasteiger partial charge is 0.334 e. The number of likely N-dealkylation sites (tertiary alicyclic amines) is 1. The third kappa shape index (κ3) is 2.58. The Bertz CT molecular complexity index is 642. The van der Waals surface area contributed by atoms with Crippen molar-refractivity contribution >= 4 is 29.2 Å². The van der Waals surface area contributed by atoms with Gasteiger partial charge in [0.05, 0.1) is 11.6 Å². The average molecular weight is 322 g/mol. The summed E-state index contributed by atoms with van der Waals surface area (Å²) in [5.74, 6) is -0.0507. The minimum atomic E-state index is -0.969. The lowest BCUT2D eigenvalue weighted by Gasteiger charge is -2.20. The molecule has 1 aromatic heterocycles. The lowest BCUT2D eigenvalue weighted by atomic mass is 10.00. The molecule has 0 saturated carbocycles. The van der Waals surface area contributed by atoms with Crippen LogP contribution in [0.15, 0.2) is 5.38 Å². The molecule has 7 nitrogen and oxygen atoms in total. The molecule has 118 valence electrons. The molecule has 2 aliphatic rings. The predicted octanol–water partition coefficient (Wildman–Crippen LogP) is 0.766. The first-order valence-electron chi connectivity index (χ1n) is 7.27. The number of aromatic nitrogens is 1. The molecule has 1 aromatic rings. The monoisotopic (exact) mass is 322 g/mol. The Morgan fingerprint density at radius 3 is 2.91 bits per heavy atom. The van der Waals surface area contributed by atoms with Gasteiger partial charge in [-0.05, 0) is 12.3 Å². The molecule has 0 bridgehead atoms. The molecule has 0 aromatic carbocycles. The molecule has 2 fully saturated rings. The summed E-state index contributed by atoms with van der Waals surface area (Å²) in [5.41, 5.74) is -0.550. The summed E-state index contributed by atoms with van der Waals surface area (Å²) in [6.07, 6.45) is 1.28. The van der Waals surface area contributed by atoms with Gasteiger partial charge in [-0.1, -0.05) is 13.8 Å². The van der Waals surface area contributed by atoms with E-state index in [-0.39, 0.29) is 18.4 Å². The summed E-state index contributed by atoms with van der Waals surface area (Å²) in [5, 5.41) is 7.58. The molecule has 2 saturated heterocycles. The summed E-state index contributed by atoms with van der Waals surface area (Å²) in [7, 11) is 0. The van der Waals surface area contributed by atoms with Gasteiger partial charge >= 0.3 is 6.03 Å². The smallest absolute Gasteiger partial charge is 0.322 e. The molecular formula is C14H18N4O3S. The van der Waals surface area contributed by atoms with Crippen LogP contribution in [0.5, 0.6) is 0 Å². The van der Waals surface area contributed by atoms with Crippen molar-refractivity contribution in [1.29, 1.82) is 0 Å². The van der Waals surface area contributed by atoms with Crippen LogP contribution in [-0.4, -0.2) is 46.4 Å². The first kappa shape index (κ1) is 15.0. The van der Waals surface area contributed by atoms with Crippen molar-refractivity contribution < 1.29 is 14.4 Å². The van der Waals surface area contributed by atoms with Gasteiger partial charge in [-0.2, -0.15) is 0 Å². The highest BCUT2D eigenvalue weighted by Gasteiger charge is 2.51. The van der Waals surface area contributed by atoms with Crippen LogP contribution in [0, 0.1) is 5.92 Å². The molecule has 4 amide bonds. The fraction of sp³-hybridized carbons (Fsp3) is 0.571. The van der Waals surface area contributed by atoms with E-state index in [0.29, 0.717) is 24.6 Å². The molecule has 0 radical (unpaired) electrons. The fourth-order valence-electron chi connectivity index (χ4n) is 2.81.